The molecular weight excluding hydrogens is 1130 g/mol. The van der Waals surface area contributed by atoms with Gasteiger partial charge in [-0.15, -0.1) is 0 Å². The van der Waals surface area contributed by atoms with E-state index in [2.05, 4.69) is 41.5 Å². The van der Waals surface area contributed by atoms with Crippen LogP contribution >= 0.6 is 15.6 Å². The predicted molar refractivity (Wildman–Crippen MR) is 340 cm³/mol. The van der Waals surface area contributed by atoms with Gasteiger partial charge in [0.25, 0.3) is 0 Å². The lowest BCUT2D eigenvalue weighted by Gasteiger charge is -2.21. The molecule has 2 unspecified atom stereocenters. The Kier molecular flexibility index (Phi) is 57.1. The minimum Gasteiger partial charge on any atom is -0.462 e. The average Bonchev–Trinajstić information content (AvgIpc) is 3.51. The van der Waals surface area contributed by atoms with E-state index in [0.717, 1.165) is 102 Å². The van der Waals surface area contributed by atoms with Gasteiger partial charge in [0.05, 0.1) is 26.4 Å². The second kappa shape index (κ2) is 58.4. The summed E-state index contributed by atoms with van der Waals surface area (Å²) in [5, 5.41) is 10.5. The lowest BCUT2D eigenvalue weighted by molar-refractivity contribution is -0.161. The maximum Gasteiger partial charge on any atom is 0.472 e. The van der Waals surface area contributed by atoms with Crippen LogP contribution in [0.2, 0.25) is 0 Å². The van der Waals surface area contributed by atoms with Gasteiger partial charge in [0.15, 0.2) is 12.2 Å². The predicted octanol–water partition coefficient (Wildman–Crippen LogP) is 18.4. The molecule has 0 aliphatic rings. The van der Waals surface area contributed by atoms with Crippen LogP contribution in [0.4, 0.5) is 0 Å². The number of hydrogen-bond acceptors (Lipinski definition) is 15. The van der Waals surface area contributed by atoms with E-state index < -0.39 is 97.5 Å². The number of carbonyl (C=O) groups is 4. The van der Waals surface area contributed by atoms with Gasteiger partial charge in [0, 0.05) is 25.7 Å². The highest BCUT2D eigenvalue weighted by molar-refractivity contribution is 7.47. The summed E-state index contributed by atoms with van der Waals surface area (Å²) >= 11 is 0. The van der Waals surface area contributed by atoms with E-state index in [9.17, 15) is 43.2 Å². The Balaban J connectivity index is 5.22. The van der Waals surface area contributed by atoms with Gasteiger partial charge in [0.2, 0.25) is 0 Å². The number of hydrogen-bond donors (Lipinski definition) is 3. The molecule has 0 aliphatic carbocycles. The van der Waals surface area contributed by atoms with Crippen molar-refractivity contribution in [3.63, 3.8) is 0 Å². The smallest absolute Gasteiger partial charge is 0.462 e. The summed E-state index contributed by atoms with van der Waals surface area (Å²) in [6.07, 6.45) is 41.7. The molecule has 0 aromatic heterocycles. The largest absolute Gasteiger partial charge is 0.472 e. The lowest BCUT2D eigenvalue weighted by atomic mass is 10.0. The molecule has 0 saturated carbocycles. The zero-order valence-corrected chi connectivity index (χ0v) is 56.7. The van der Waals surface area contributed by atoms with Crippen LogP contribution in [-0.4, -0.2) is 96.7 Å². The summed E-state index contributed by atoms with van der Waals surface area (Å²) in [6, 6.07) is 0. The first-order chi connectivity index (χ1) is 40.9. The molecule has 0 amide bonds. The molecule has 0 aromatic carbocycles. The van der Waals surface area contributed by atoms with Gasteiger partial charge in [-0.05, 0) is 37.5 Å². The molecule has 0 bridgehead atoms. The fourth-order valence-electron chi connectivity index (χ4n) is 9.88. The van der Waals surface area contributed by atoms with Gasteiger partial charge in [-0.25, -0.2) is 9.13 Å². The molecule has 0 aromatic rings. The number of unbranched alkanes of at least 4 members (excludes halogenated alkanes) is 35. The van der Waals surface area contributed by atoms with Crippen LogP contribution < -0.4 is 0 Å². The minimum atomic E-state index is -4.95. The number of aliphatic hydroxyl groups excluding tert-OH is 1. The minimum absolute atomic E-state index is 0.103. The van der Waals surface area contributed by atoms with Gasteiger partial charge < -0.3 is 33.8 Å². The van der Waals surface area contributed by atoms with Crippen LogP contribution in [-0.2, 0) is 65.4 Å². The third-order valence-corrected chi connectivity index (χ3v) is 17.1. The third-order valence-electron chi connectivity index (χ3n) is 15.2. The number of phosphoric ester groups is 2. The summed E-state index contributed by atoms with van der Waals surface area (Å²) in [4.78, 5) is 72.2. The van der Waals surface area contributed by atoms with Crippen molar-refractivity contribution in [3.05, 3.63) is 0 Å². The number of aliphatic hydroxyl groups is 1. The summed E-state index contributed by atoms with van der Waals surface area (Å²) in [7, 11) is -9.89. The Morgan fingerprint density at radius 1 is 0.318 bits per heavy atom. The Morgan fingerprint density at radius 2 is 0.541 bits per heavy atom. The van der Waals surface area contributed by atoms with Crippen LogP contribution in [0.3, 0.4) is 0 Å². The fourth-order valence-corrected chi connectivity index (χ4v) is 11.5. The average molecular weight is 1260 g/mol. The highest BCUT2D eigenvalue weighted by Crippen LogP contribution is 2.45. The normalized spacial score (nSPS) is 14.2. The molecule has 0 aliphatic heterocycles. The molecular formula is C66H128O17P2. The van der Waals surface area contributed by atoms with E-state index in [0.29, 0.717) is 31.6 Å². The van der Waals surface area contributed by atoms with Crippen molar-refractivity contribution < 1.29 is 80.2 Å². The monoisotopic (exact) mass is 1250 g/mol. The van der Waals surface area contributed by atoms with Crippen LogP contribution in [0, 0.1) is 11.8 Å². The van der Waals surface area contributed by atoms with Gasteiger partial charge >= 0.3 is 39.5 Å². The topological polar surface area (TPSA) is 237 Å². The van der Waals surface area contributed by atoms with Gasteiger partial charge in [-0.1, -0.05) is 279 Å². The molecule has 5 atom stereocenters. The standard InChI is InChI=1S/C66H128O17P2/c1-7-9-11-13-15-17-18-22-25-31-37-43-49-64(69)77-55-61(82-65(70)50-44-38-32-26-23-20-19-21-24-28-34-40-46-58(3)4)56-80-84(72,73)78-52-60(67)53-79-85(74,75)81-57-62(54-76-63(68)48-42-36-30-16-14-12-10-8-2)83-66(71)51-45-39-33-27-29-35-41-47-59(5)6/h58-62,67H,7-57H2,1-6H3,(H,72,73)(H,74,75)/t60-,61-,62-/m1/s1. The second-order valence-electron chi connectivity index (χ2n) is 24.8. The number of ether oxygens (including phenoxy) is 4. The van der Waals surface area contributed by atoms with E-state index in [4.69, 9.17) is 37.0 Å². The van der Waals surface area contributed by atoms with E-state index in [1.165, 1.54) is 141 Å². The van der Waals surface area contributed by atoms with Crippen LogP contribution in [0.15, 0.2) is 0 Å². The fraction of sp³-hybridized carbons (Fsp3) is 0.939. The molecule has 0 fully saturated rings. The summed E-state index contributed by atoms with van der Waals surface area (Å²) < 4.78 is 68.0. The van der Waals surface area contributed by atoms with Crippen LogP contribution in [0.5, 0.6) is 0 Å². The Bertz CT molecular complexity index is 1670. The van der Waals surface area contributed by atoms with Gasteiger partial charge in [-0.2, -0.15) is 0 Å². The molecule has 0 saturated heterocycles. The van der Waals surface area contributed by atoms with E-state index >= 15 is 0 Å². The Morgan fingerprint density at radius 3 is 0.800 bits per heavy atom. The maximum atomic E-state index is 13.0. The van der Waals surface area contributed by atoms with Crippen LogP contribution in [0.25, 0.3) is 0 Å². The maximum absolute atomic E-state index is 13.0. The van der Waals surface area contributed by atoms with Crippen molar-refractivity contribution >= 4 is 39.5 Å². The number of esters is 4. The van der Waals surface area contributed by atoms with Crippen molar-refractivity contribution in [2.24, 2.45) is 11.8 Å². The Labute approximate surface area is 517 Å². The zero-order valence-electron chi connectivity index (χ0n) is 54.9. The molecule has 504 valence electrons. The first-order valence-electron chi connectivity index (χ1n) is 34.5. The molecule has 17 nitrogen and oxygen atoms in total. The Hall–Kier alpha value is -1.94. The van der Waals surface area contributed by atoms with E-state index in [1.54, 1.807) is 0 Å². The first-order valence-corrected chi connectivity index (χ1v) is 37.5. The lowest BCUT2D eigenvalue weighted by Crippen LogP contribution is -2.30. The number of carbonyl (C=O) groups excluding carboxylic acids is 4. The third kappa shape index (κ3) is 60.7. The summed E-state index contributed by atoms with van der Waals surface area (Å²) in [6.45, 7) is 9.43. The summed E-state index contributed by atoms with van der Waals surface area (Å²) in [5.41, 5.74) is 0. The van der Waals surface area contributed by atoms with Gasteiger partial charge in [0.1, 0.15) is 19.3 Å². The quantitative estimate of drug-likeness (QED) is 0.0222. The first kappa shape index (κ1) is 83.1. The SMILES string of the molecule is CCCCCCCCCCCCCCC(=O)OC[C@H](COP(=O)(O)OC[C@@H](O)COP(=O)(O)OC[C@@H](COC(=O)CCCCCCCCCC)OC(=O)CCCCCCCCCC(C)C)OC(=O)CCCCCCCCCCCCCCC(C)C. The van der Waals surface area contributed by atoms with Crippen molar-refractivity contribution in [1.29, 1.82) is 0 Å². The highest BCUT2D eigenvalue weighted by Gasteiger charge is 2.30. The van der Waals surface area contributed by atoms with Crippen LogP contribution in [0.1, 0.15) is 330 Å². The molecule has 0 radical (unpaired) electrons. The van der Waals surface area contributed by atoms with Crippen molar-refractivity contribution in [1.82, 2.24) is 0 Å². The number of rotatable bonds is 65. The molecule has 85 heavy (non-hydrogen) atoms. The second-order valence-corrected chi connectivity index (χ2v) is 27.7. The van der Waals surface area contributed by atoms with E-state index in [1.807, 2.05) is 0 Å². The van der Waals surface area contributed by atoms with Crippen molar-refractivity contribution in [2.45, 2.75) is 349 Å². The molecule has 0 heterocycles. The van der Waals surface area contributed by atoms with Crippen molar-refractivity contribution in [3.8, 4) is 0 Å². The summed E-state index contributed by atoms with van der Waals surface area (Å²) in [5.74, 6) is -0.661. The molecule has 0 rings (SSSR count). The van der Waals surface area contributed by atoms with Gasteiger partial charge in [-0.3, -0.25) is 37.3 Å². The highest BCUT2D eigenvalue weighted by atomic mass is 31.2. The zero-order chi connectivity index (χ0) is 62.9. The molecule has 0 spiro atoms. The molecule has 19 heteroatoms. The molecule has 3 N–H and O–H groups in total. The number of phosphoric acid groups is 2. The van der Waals surface area contributed by atoms with E-state index in [-0.39, 0.29) is 25.7 Å². The van der Waals surface area contributed by atoms with Crippen molar-refractivity contribution in [2.75, 3.05) is 39.6 Å².